The van der Waals surface area contributed by atoms with E-state index in [0.717, 1.165) is 0 Å². The van der Waals surface area contributed by atoms with Crippen molar-refractivity contribution in [3.05, 3.63) is 22.2 Å². The Morgan fingerprint density at radius 2 is 2.11 bits per heavy atom. The van der Waals surface area contributed by atoms with Crippen molar-refractivity contribution in [3.8, 4) is 0 Å². The van der Waals surface area contributed by atoms with E-state index in [1.165, 1.54) is 12.1 Å². The summed E-state index contributed by atoms with van der Waals surface area (Å²) in [5.74, 6) is 0.850. The lowest BCUT2D eigenvalue weighted by molar-refractivity contribution is -0.384. The minimum Gasteiger partial charge on any atom is -0.384 e. The second-order valence-electron chi connectivity index (χ2n) is 5.51. The number of pyridine rings is 1. The zero-order valence-corrected chi connectivity index (χ0v) is 11.2. The Kier molecular flexibility index (Phi) is 4.11. The van der Waals surface area contributed by atoms with Crippen molar-refractivity contribution in [1.82, 2.24) is 4.98 Å². The Labute approximate surface area is 107 Å². The summed E-state index contributed by atoms with van der Waals surface area (Å²) in [6, 6.07) is 2.79. The van der Waals surface area contributed by atoms with Gasteiger partial charge in [0.2, 0.25) is 5.82 Å². The molecule has 18 heavy (non-hydrogen) atoms. The molecule has 0 aliphatic rings. The van der Waals surface area contributed by atoms with Gasteiger partial charge in [0, 0.05) is 12.6 Å². The van der Waals surface area contributed by atoms with Gasteiger partial charge < -0.3 is 11.1 Å². The van der Waals surface area contributed by atoms with Crippen LogP contribution in [-0.4, -0.2) is 16.5 Å². The Balaban J connectivity index is 2.84. The summed E-state index contributed by atoms with van der Waals surface area (Å²) in [5.41, 5.74) is 5.62. The molecule has 0 bridgehead atoms. The van der Waals surface area contributed by atoms with Crippen molar-refractivity contribution >= 4 is 17.3 Å². The third kappa shape index (κ3) is 3.58. The fourth-order valence-corrected chi connectivity index (χ4v) is 1.30. The van der Waals surface area contributed by atoms with E-state index in [2.05, 4.69) is 38.0 Å². The molecule has 0 aliphatic carbocycles. The molecular weight excluding hydrogens is 232 g/mol. The van der Waals surface area contributed by atoms with Crippen molar-refractivity contribution < 1.29 is 4.92 Å². The van der Waals surface area contributed by atoms with E-state index in [-0.39, 0.29) is 22.7 Å². The Morgan fingerprint density at radius 1 is 1.50 bits per heavy atom. The fraction of sp³-hybridized carbons (Fsp3) is 0.583. The highest BCUT2D eigenvalue weighted by atomic mass is 16.6. The lowest BCUT2D eigenvalue weighted by atomic mass is 9.82. The van der Waals surface area contributed by atoms with Crippen LogP contribution in [0.2, 0.25) is 0 Å². The maximum absolute atomic E-state index is 10.9. The van der Waals surface area contributed by atoms with Gasteiger partial charge in [0.25, 0.3) is 0 Å². The van der Waals surface area contributed by atoms with Gasteiger partial charge in [0.1, 0.15) is 5.82 Å². The number of nitrogens with zero attached hydrogens (tertiary/aromatic N) is 2. The number of hydrogen-bond acceptors (Lipinski definition) is 5. The van der Waals surface area contributed by atoms with E-state index in [1.54, 1.807) is 0 Å². The molecule has 1 aromatic heterocycles. The van der Waals surface area contributed by atoms with Crippen LogP contribution in [0.1, 0.15) is 27.7 Å². The molecule has 3 N–H and O–H groups in total. The number of aromatic nitrogens is 1. The summed E-state index contributed by atoms with van der Waals surface area (Å²) < 4.78 is 0. The highest BCUT2D eigenvalue weighted by molar-refractivity contribution is 5.59. The Hall–Kier alpha value is -1.85. The molecule has 6 heteroatoms. The van der Waals surface area contributed by atoms with Crippen LogP contribution in [0.25, 0.3) is 0 Å². The van der Waals surface area contributed by atoms with E-state index in [0.29, 0.717) is 12.5 Å². The third-order valence-electron chi connectivity index (χ3n) is 3.15. The highest BCUT2D eigenvalue weighted by Gasteiger charge is 2.22. The zero-order valence-electron chi connectivity index (χ0n) is 11.2. The van der Waals surface area contributed by atoms with E-state index < -0.39 is 4.92 Å². The minimum absolute atomic E-state index is 0.0506. The largest absolute Gasteiger partial charge is 0.384 e. The van der Waals surface area contributed by atoms with Gasteiger partial charge in [-0.25, -0.2) is 4.98 Å². The first-order valence-corrected chi connectivity index (χ1v) is 5.86. The van der Waals surface area contributed by atoms with Gasteiger partial charge in [-0.1, -0.05) is 27.7 Å². The SMILES string of the molecule is CC(CNc1nc(N)ccc1[N+](=O)[O-])C(C)(C)C. The van der Waals surface area contributed by atoms with E-state index in [9.17, 15) is 10.1 Å². The van der Waals surface area contributed by atoms with Gasteiger partial charge in [-0.2, -0.15) is 0 Å². The molecule has 0 fully saturated rings. The van der Waals surface area contributed by atoms with Crippen molar-refractivity contribution in [2.45, 2.75) is 27.7 Å². The lowest BCUT2D eigenvalue weighted by Crippen LogP contribution is -2.25. The molecule has 0 spiro atoms. The molecule has 1 aromatic rings. The molecule has 1 rings (SSSR count). The van der Waals surface area contributed by atoms with Gasteiger partial charge in [-0.05, 0) is 17.4 Å². The molecule has 0 saturated heterocycles. The predicted octanol–water partition coefficient (Wildman–Crippen LogP) is 2.67. The number of nitrogens with two attached hydrogens (primary N) is 1. The van der Waals surface area contributed by atoms with Crippen LogP contribution >= 0.6 is 0 Å². The summed E-state index contributed by atoms with van der Waals surface area (Å²) in [7, 11) is 0. The van der Waals surface area contributed by atoms with Crippen molar-refractivity contribution in [3.63, 3.8) is 0 Å². The summed E-state index contributed by atoms with van der Waals surface area (Å²) in [6.45, 7) is 9.08. The molecular formula is C12H20N4O2. The van der Waals surface area contributed by atoms with E-state index in [1.807, 2.05) is 0 Å². The van der Waals surface area contributed by atoms with Crippen molar-refractivity contribution in [1.29, 1.82) is 0 Å². The van der Waals surface area contributed by atoms with Gasteiger partial charge >= 0.3 is 5.69 Å². The molecule has 6 nitrogen and oxygen atoms in total. The first kappa shape index (κ1) is 14.2. The first-order chi connectivity index (χ1) is 8.21. The fourth-order valence-electron chi connectivity index (χ4n) is 1.30. The quantitative estimate of drug-likeness (QED) is 0.634. The van der Waals surface area contributed by atoms with Gasteiger partial charge in [0.15, 0.2) is 0 Å². The molecule has 1 atom stereocenters. The zero-order chi connectivity index (χ0) is 13.9. The molecule has 0 aliphatic heterocycles. The maximum atomic E-state index is 10.9. The number of rotatable bonds is 4. The Morgan fingerprint density at radius 3 is 2.61 bits per heavy atom. The smallest absolute Gasteiger partial charge is 0.311 e. The number of nitro groups is 1. The third-order valence-corrected chi connectivity index (χ3v) is 3.15. The van der Waals surface area contributed by atoms with Crippen LogP contribution < -0.4 is 11.1 Å². The van der Waals surface area contributed by atoms with E-state index >= 15 is 0 Å². The molecule has 0 saturated carbocycles. The number of nitrogen functional groups attached to an aromatic ring is 1. The van der Waals surface area contributed by atoms with Crippen LogP contribution in [0.4, 0.5) is 17.3 Å². The van der Waals surface area contributed by atoms with Crippen LogP contribution in [-0.2, 0) is 0 Å². The molecule has 0 radical (unpaired) electrons. The topological polar surface area (TPSA) is 94.1 Å². The summed E-state index contributed by atoms with van der Waals surface area (Å²) in [6.07, 6.45) is 0. The molecule has 0 aromatic carbocycles. The van der Waals surface area contributed by atoms with Gasteiger partial charge in [0.05, 0.1) is 4.92 Å². The van der Waals surface area contributed by atoms with Gasteiger partial charge in [-0.3, -0.25) is 10.1 Å². The molecule has 1 heterocycles. The number of anilines is 2. The summed E-state index contributed by atoms with van der Waals surface area (Å²) >= 11 is 0. The van der Waals surface area contributed by atoms with Crippen LogP contribution in [0, 0.1) is 21.4 Å². The van der Waals surface area contributed by atoms with Crippen LogP contribution in [0.5, 0.6) is 0 Å². The standard InChI is InChI=1S/C12H20N4O2/c1-8(12(2,3)4)7-14-11-9(16(17)18)5-6-10(13)15-11/h5-6,8H,7H2,1-4H3,(H3,13,14,15). The van der Waals surface area contributed by atoms with E-state index in [4.69, 9.17) is 5.73 Å². The van der Waals surface area contributed by atoms with Gasteiger partial charge in [-0.15, -0.1) is 0 Å². The number of hydrogen-bond donors (Lipinski definition) is 2. The second kappa shape index (κ2) is 5.20. The molecule has 0 amide bonds. The highest BCUT2D eigenvalue weighted by Crippen LogP contribution is 2.27. The first-order valence-electron chi connectivity index (χ1n) is 5.86. The molecule has 100 valence electrons. The summed E-state index contributed by atoms with van der Waals surface area (Å²) in [5, 5.41) is 13.9. The average molecular weight is 252 g/mol. The lowest BCUT2D eigenvalue weighted by Gasteiger charge is -2.27. The number of nitrogens with one attached hydrogen (secondary N) is 1. The minimum atomic E-state index is -0.462. The normalized spacial score (nSPS) is 13.1. The summed E-state index contributed by atoms with van der Waals surface area (Å²) in [4.78, 5) is 14.4. The van der Waals surface area contributed by atoms with Crippen LogP contribution in [0.3, 0.4) is 0 Å². The maximum Gasteiger partial charge on any atom is 0.311 e. The monoisotopic (exact) mass is 252 g/mol. The predicted molar refractivity (Wildman–Crippen MR) is 72.4 cm³/mol. The van der Waals surface area contributed by atoms with Crippen molar-refractivity contribution in [2.24, 2.45) is 11.3 Å². The molecule has 1 unspecified atom stereocenters. The Bertz CT molecular complexity index is 440. The van der Waals surface area contributed by atoms with Crippen LogP contribution in [0.15, 0.2) is 12.1 Å². The average Bonchev–Trinajstić information content (AvgIpc) is 2.24. The van der Waals surface area contributed by atoms with Crippen molar-refractivity contribution in [2.75, 3.05) is 17.6 Å². The second-order valence-corrected chi connectivity index (χ2v) is 5.51.